The molecular formula is C12H13F4N3O4. The van der Waals surface area contributed by atoms with Crippen LogP contribution in [-0.4, -0.2) is 64.0 Å². The number of amides is 1. The van der Waals surface area contributed by atoms with Gasteiger partial charge in [0.15, 0.2) is 6.04 Å². The van der Waals surface area contributed by atoms with Crippen LogP contribution < -0.4 is 0 Å². The molecule has 0 saturated heterocycles. The summed E-state index contributed by atoms with van der Waals surface area (Å²) in [6, 6.07) is -1.38. The van der Waals surface area contributed by atoms with Crippen LogP contribution in [0, 0.1) is 0 Å². The lowest BCUT2D eigenvalue weighted by Crippen LogP contribution is -2.45. The number of H-pyrrole nitrogens is 1. The van der Waals surface area contributed by atoms with Gasteiger partial charge in [0.2, 0.25) is 5.91 Å². The molecule has 11 heteroatoms. The lowest BCUT2D eigenvalue weighted by atomic mass is 10.0. The quantitative estimate of drug-likeness (QED) is 0.749. The summed E-state index contributed by atoms with van der Waals surface area (Å²) in [5, 5.41) is 9.24. The maximum Gasteiger partial charge on any atom is 0.332 e. The zero-order valence-electron chi connectivity index (χ0n) is 11.6. The summed E-state index contributed by atoms with van der Waals surface area (Å²) in [5.74, 6) is -6.61. The number of alkyl halides is 4. The zero-order chi connectivity index (χ0) is 17.2. The van der Waals surface area contributed by atoms with Gasteiger partial charge in [-0.3, -0.25) is 4.79 Å². The second-order valence-corrected chi connectivity index (χ2v) is 4.90. The number of fused-ring (bicyclic) bond motifs is 1. The second-order valence-electron chi connectivity index (χ2n) is 4.90. The first-order valence-electron chi connectivity index (χ1n) is 6.52. The normalized spacial score (nSPS) is 18.1. The summed E-state index contributed by atoms with van der Waals surface area (Å²) in [6.07, 6.45) is -2.32. The van der Waals surface area contributed by atoms with Crippen LogP contribution in [0.3, 0.4) is 0 Å². The van der Waals surface area contributed by atoms with E-state index in [2.05, 4.69) is 14.7 Å². The number of nitrogens with one attached hydrogen (secondary N) is 1. The third-order valence-corrected chi connectivity index (χ3v) is 3.32. The van der Waals surface area contributed by atoms with E-state index in [1.165, 1.54) is 6.33 Å². The first kappa shape index (κ1) is 17.2. The van der Waals surface area contributed by atoms with Gasteiger partial charge < -0.3 is 19.7 Å². The number of nitrogens with zero attached hydrogens (tertiary/aromatic N) is 2. The zero-order valence-corrected chi connectivity index (χ0v) is 11.6. The highest BCUT2D eigenvalue weighted by molar-refractivity contribution is 5.85. The number of imidazole rings is 1. The number of halogens is 4. The van der Waals surface area contributed by atoms with E-state index < -0.39 is 43.5 Å². The number of carbonyl (C=O) groups excluding carboxylic acids is 1. The molecule has 0 spiro atoms. The van der Waals surface area contributed by atoms with Crippen LogP contribution in [0.5, 0.6) is 0 Å². The van der Waals surface area contributed by atoms with Gasteiger partial charge in [0.25, 0.3) is 0 Å². The number of carboxylic acids is 1. The van der Waals surface area contributed by atoms with Crippen molar-refractivity contribution in [2.45, 2.75) is 24.8 Å². The minimum atomic E-state index is -4.37. The average molecular weight is 339 g/mol. The van der Waals surface area contributed by atoms with Crippen molar-refractivity contribution < 1.29 is 37.0 Å². The number of hydrogen-bond acceptors (Lipinski definition) is 4. The van der Waals surface area contributed by atoms with Gasteiger partial charge in [-0.2, -0.15) is 8.78 Å². The Kier molecular flexibility index (Phi) is 4.88. The Balaban J connectivity index is 2.01. The summed E-state index contributed by atoms with van der Waals surface area (Å²) >= 11 is 0. The Hall–Kier alpha value is -2.17. The predicted molar refractivity (Wildman–Crippen MR) is 66.2 cm³/mol. The molecule has 2 N–H and O–H groups in total. The molecule has 0 saturated carbocycles. The molecule has 1 aromatic heterocycles. The summed E-state index contributed by atoms with van der Waals surface area (Å²) < 4.78 is 53.7. The molecule has 1 atom stereocenters. The van der Waals surface area contributed by atoms with E-state index in [-0.39, 0.29) is 12.2 Å². The molecule has 128 valence electrons. The van der Waals surface area contributed by atoms with Gasteiger partial charge in [-0.05, 0) is 0 Å². The summed E-state index contributed by atoms with van der Waals surface area (Å²) in [5.41, 5.74) is 0.710. The lowest BCUT2D eigenvalue weighted by Gasteiger charge is -2.32. The molecule has 23 heavy (non-hydrogen) atoms. The highest BCUT2D eigenvalue weighted by atomic mass is 19.3. The number of carboxylic acid groups (broad SMARTS) is 1. The number of carbonyl (C=O) groups is 2. The van der Waals surface area contributed by atoms with E-state index in [1.807, 2.05) is 0 Å². The van der Waals surface area contributed by atoms with Crippen LogP contribution in [-0.2, 0) is 20.7 Å². The van der Waals surface area contributed by atoms with E-state index in [0.29, 0.717) is 12.1 Å². The van der Waals surface area contributed by atoms with Crippen molar-refractivity contribution in [1.29, 1.82) is 0 Å². The van der Waals surface area contributed by atoms with Crippen molar-refractivity contribution in [2.24, 2.45) is 0 Å². The van der Waals surface area contributed by atoms with Gasteiger partial charge in [0.1, 0.15) is 13.2 Å². The van der Waals surface area contributed by atoms with Gasteiger partial charge in [-0.1, -0.05) is 0 Å². The molecular weight excluding hydrogens is 326 g/mol. The smallest absolute Gasteiger partial charge is 0.332 e. The minimum absolute atomic E-state index is 0.0135. The second kappa shape index (κ2) is 6.52. The van der Waals surface area contributed by atoms with Crippen LogP contribution in [0.1, 0.15) is 17.4 Å². The monoisotopic (exact) mass is 339 g/mol. The molecule has 0 bridgehead atoms. The topological polar surface area (TPSA) is 95.5 Å². The third-order valence-electron chi connectivity index (χ3n) is 3.32. The Labute approximate surface area is 127 Å². The van der Waals surface area contributed by atoms with E-state index in [0.717, 1.165) is 4.90 Å². The van der Waals surface area contributed by atoms with Crippen molar-refractivity contribution in [3.05, 3.63) is 17.7 Å². The van der Waals surface area contributed by atoms with Gasteiger partial charge in [-0.25, -0.2) is 18.6 Å². The van der Waals surface area contributed by atoms with Crippen molar-refractivity contribution >= 4 is 11.9 Å². The average Bonchev–Trinajstić information content (AvgIpc) is 2.93. The fourth-order valence-electron chi connectivity index (χ4n) is 2.22. The molecule has 1 aromatic rings. The molecule has 0 aliphatic carbocycles. The number of aromatic nitrogens is 2. The number of aromatic amines is 1. The maximum atomic E-state index is 12.7. The third kappa shape index (κ3) is 3.60. The lowest BCUT2D eigenvalue weighted by molar-refractivity contribution is -0.173. The minimum Gasteiger partial charge on any atom is -0.479 e. The summed E-state index contributed by atoms with van der Waals surface area (Å²) in [4.78, 5) is 30.8. The Morgan fingerprint density at radius 3 is 2.83 bits per heavy atom. The van der Waals surface area contributed by atoms with Gasteiger partial charge >= 0.3 is 18.3 Å². The van der Waals surface area contributed by atoms with Crippen LogP contribution in [0.25, 0.3) is 0 Å². The number of aliphatic carboxylic acids is 1. The maximum absolute atomic E-state index is 12.7. The number of hydrogen-bond donors (Lipinski definition) is 2. The Bertz CT molecular complexity index is 593. The van der Waals surface area contributed by atoms with E-state index >= 15 is 0 Å². The van der Waals surface area contributed by atoms with E-state index in [1.54, 1.807) is 0 Å². The first-order valence-corrected chi connectivity index (χ1v) is 6.52. The van der Waals surface area contributed by atoms with Crippen LogP contribution in [0.15, 0.2) is 6.33 Å². The van der Waals surface area contributed by atoms with Crippen LogP contribution in [0.4, 0.5) is 17.6 Å². The van der Waals surface area contributed by atoms with Crippen LogP contribution in [0.2, 0.25) is 0 Å². The highest BCUT2D eigenvalue weighted by Crippen LogP contribution is 2.28. The fraction of sp³-hybridized carbons (Fsp3) is 0.583. The number of ether oxygens (including phenoxy) is 1. The molecule has 0 radical (unpaired) electrons. The predicted octanol–water partition coefficient (Wildman–Crippen LogP) is 0.837. The first-order chi connectivity index (χ1) is 10.7. The molecule has 0 aromatic carbocycles. The molecule has 1 aliphatic rings. The molecule has 1 amide bonds. The molecule has 2 heterocycles. The Morgan fingerprint density at radius 2 is 2.22 bits per heavy atom. The van der Waals surface area contributed by atoms with Gasteiger partial charge in [0.05, 0.1) is 12.0 Å². The molecule has 2 rings (SSSR count). The van der Waals surface area contributed by atoms with Crippen molar-refractivity contribution in [3.63, 3.8) is 0 Å². The number of rotatable bonds is 6. The van der Waals surface area contributed by atoms with Gasteiger partial charge in [0, 0.05) is 18.7 Å². The highest BCUT2D eigenvalue weighted by Gasteiger charge is 2.42. The molecule has 0 fully saturated rings. The largest absolute Gasteiger partial charge is 0.479 e. The molecule has 1 aliphatic heterocycles. The molecule has 7 nitrogen and oxygen atoms in total. The Morgan fingerprint density at radius 1 is 1.52 bits per heavy atom. The van der Waals surface area contributed by atoms with Crippen molar-refractivity contribution in [1.82, 2.24) is 14.9 Å². The summed E-state index contributed by atoms with van der Waals surface area (Å²) in [6.45, 7) is -2.54. The molecule has 1 unspecified atom stereocenters. The fourth-order valence-corrected chi connectivity index (χ4v) is 2.22. The van der Waals surface area contributed by atoms with E-state index in [4.69, 9.17) is 0 Å². The van der Waals surface area contributed by atoms with Gasteiger partial charge in [-0.15, -0.1) is 0 Å². The van der Waals surface area contributed by atoms with Crippen molar-refractivity contribution in [3.8, 4) is 0 Å². The standard InChI is InChI=1S/C12H13F4N3O4/c13-11(14)12(15,16)4-23-3-7(20)19-2-1-6-8(18-5-17-6)9(19)10(21)22/h5,9,11H,1-4H2,(H,17,18)(H,21,22). The van der Waals surface area contributed by atoms with Crippen LogP contribution >= 0.6 is 0 Å². The summed E-state index contributed by atoms with van der Waals surface area (Å²) in [7, 11) is 0. The van der Waals surface area contributed by atoms with E-state index in [9.17, 15) is 32.3 Å². The van der Waals surface area contributed by atoms with Crippen molar-refractivity contribution in [2.75, 3.05) is 19.8 Å². The SMILES string of the molecule is O=C(O)C1c2nc[nH]c2CCN1C(=O)COCC(F)(F)C(F)F.